The molecule has 1 heterocycles. The molecule has 1 fully saturated rings. The Bertz CT molecular complexity index is 658. The average molecular weight is 325 g/mol. The molecule has 1 aliphatic rings. The molecule has 1 unspecified atom stereocenters. The van der Waals surface area contributed by atoms with Crippen LogP contribution in [0.5, 0.6) is 0 Å². The number of hydrogen-bond donors (Lipinski definition) is 2. The molecule has 0 spiro atoms. The van der Waals surface area contributed by atoms with Gasteiger partial charge >= 0.3 is 0 Å². The van der Waals surface area contributed by atoms with E-state index in [1.54, 1.807) is 12.1 Å². The fourth-order valence-corrected chi connectivity index (χ4v) is 3.00. The van der Waals surface area contributed by atoms with Crippen LogP contribution in [0.4, 0.5) is 5.69 Å². The first-order valence-corrected chi connectivity index (χ1v) is 8.28. The van der Waals surface area contributed by atoms with Gasteiger partial charge in [0.05, 0.1) is 12.7 Å². The van der Waals surface area contributed by atoms with Crippen molar-refractivity contribution in [2.24, 2.45) is 5.84 Å². The highest BCUT2D eigenvalue weighted by Crippen LogP contribution is 2.19. The van der Waals surface area contributed by atoms with E-state index in [0.29, 0.717) is 5.56 Å². The van der Waals surface area contributed by atoms with Crippen LogP contribution < -0.4 is 16.2 Å². The third-order valence-corrected chi connectivity index (χ3v) is 4.36. The number of nitrogens with two attached hydrogens (primary N) is 1. The molecule has 5 heteroatoms. The molecular weight excluding hydrogens is 302 g/mol. The predicted octanol–water partition coefficient (Wildman–Crippen LogP) is 2.13. The maximum absolute atomic E-state index is 11.4. The van der Waals surface area contributed by atoms with Gasteiger partial charge in [-0.2, -0.15) is 0 Å². The normalized spacial score (nSPS) is 17.5. The van der Waals surface area contributed by atoms with Gasteiger partial charge < -0.3 is 9.64 Å². The van der Waals surface area contributed by atoms with E-state index in [1.165, 1.54) is 11.3 Å². The molecule has 24 heavy (non-hydrogen) atoms. The van der Waals surface area contributed by atoms with Gasteiger partial charge in [-0.3, -0.25) is 10.2 Å². The number of hydrazine groups is 1. The standard InChI is InChI=1S/C19H23N3O2/c20-21-19(23)16-9-6-15(7-10-16)8-11-18-14-22(12-13-24-18)17-4-2-1-3-5-17/h1-7,9-10,18H,8,11-14,20H2,(H,21,23). The number of carbonyl (C=O) groups excluding carboxylic acids is 1. The Labute approximate surface area is 142 Å². The second-order valence-electron chi connectivity index (χ2n) is 5.98. The van der Waals surface area contributed by atoms with Crippen LogP contribution in [-0.4, -0.2) is 31.7 Å². The number of aryl methyl sites for hydroxylation is 1. The van der Waals surface area contributed by atoms with Gasteiger partial charge in [0.2, 0.25) is 0 Å². The van der Waals surface area contributed by atoms with E-state index in [1.807, 2.05) is 18.2 Å². The fourth-order valence-electron chi connectivity index (χ4n) is 3.00. The van der Waals surface area contributed by atoms with E-state index in [-0.39, 0.29) is 12.0 Å². The summed E-state index contributed by atoms with van der Waals surface area (Å²) in [6, 6.07) is 18.0. The lowest BCUT2D eigenvalue weighted by Gasteiger charge is -2.34. The van der Waals surface area contributed by atoms with Gasteiger partial charge in [0, 0.05) is 24.3 Å². The zero-order chi connectivity index (χ0) is 16.8. The van der Waals surface area contributed by atoms with Crippen molar-refractivity contribution in [3.8, 4) is 0 Å². The zero-order valence-corrected chi connectivity index (χ0v) is 13.7. The van der Waals surface area contributed by atoms with Crippen LogP contribution >= 0.6 is 0 Å². The summed E-state index contributed by atoms with van der Waals surface area (Å²) in [5.74, 6) is 4.87. The SMILES string of the molecule is NNC(=O)c1ccc(CCC2CN(c3ccccc3)CCO2)cc1. The molecule has 1 saturated heterocycles. The first-order chi connectivity index (χ1) is 11.8. The Morgan fingerprint density at radius 2 is 1.92 bits per heavy atom. The Kier molecular flexibility index (Phi) is 5.46. The molecule has 1 amide bonds. The monoisotopic (exact) mass is 325 g/mol. The Hall–Kier alpha value is -2.37. The average Bonchev–Trinajstić information content (AvgIpc) is 2.67. The number of nitrogens with one attached hydrogen (secondary N) is 1. The summed E-state index contributed by atoms with van der Waals surface area (Å²) >= 11 is 0. The summed E-state index contributed by atoms with van der Waals surface area (Å²) in [6.07, 6.45) is 2.12. The third-order valence-electron chi connectivity index (χ3n) is 4.36. The van der Waals surface area contributed by atoms with Gasteiger partial charge in [-0.25, -0.2) is 5.84 Å². The minimum atomic E-state index is -0.268. The number of nitrogens with zero attached hydrogens (tertiary/aromatic N) is 1. The van der Waals surface area contributed by atoms with Crippen molar-refractivity contribution in [2.75, 3.05) is 24.6 Å². The summed E-state index contributed by atoms with van der Waals surface area (Å²) in [5.41, 5.74) is 5.17. The van der Waals surface area contributed by atoms with Gasteiger partial charge in [-0.1, -0.05) is 30.3 Å². The van der Waals surface area contributed by atoms with Gasteiger partial charge in [-0.05, 0) is 42.7 Å². The van der Waals surface area contributed by atoms with Crippen LogP contribution in [0.1, 0.15) is 22.3 Å². The van der Waals surface area contributed by atoms with Crippen molar-refractivity contribution >= 4 is 11.6 Å². The van der Waals surface area contributed by atoms with Crippen LogP contribution in [0.2, 0.25) is 0 Å². The number of hydrogen-bond acceptors (Lipinski definition) is 4. The van der Waals surface area contributed by atoms with E-state index in [2.05, 4.69) is 34.6 Å². The number of morpholine rings is 1. The van der Waals surface area contributed by atoms with Crippen LogP contribution in [-0.2, 0) is 11.2 Å². The second kappa shape index (κ2) is 7.95. The molecule has 3 N–H and O–H groups in total. The topological polar surface area (TPSA) is 67.6 Å². The Morgan fingerprint density at radius 3 is 2.62 bits per heavy atom. The van der Waals surface area contributed by atoms with Crippen molar-refractivity contribution in [3.05, 3.63) is 65.7 Å². The number of carbonyl (C=O) groups is 1. The molecule has 0 aliphatic carbocycles. The maximum Gasteiger partial charge on any atom is 0.265 e. The first-order valence-electron chi connectivity index (χ1n) is 8.28. The number of rotatable bonds is 5. The molecule has 1 atom stereocenters. The van der Waals surface area contributed by atoms with Crippen molar-refractivity contribution in [2.45, 2.75) is 18.9 Å². The number of ether oxygens (including phenoxy) is 1. The van der Waals surface area contributed by atoms with Crippen molar-refractivity contribution in [1.82, 2.24) is 5.43 Å². The molecule has 5 nitrogen and oxygen atoms in total. The molecule has 0 saturated carbocycles. The lowest BCUT2D eigenvalue weighted by atomic mass is 10.0. The van der Waals surface area contributed by atoms with E-state index in [4.69, 9.17) is 10.6 Å². The number of anilines is 1. The lowest BCUT2D eigenvalue weighted by molar-refractivity contribution is 0.0355. The minimum Gasteiger partial charge on any atom is -0.375 e. The molecule has 0 radical (unpaired) electrons. The second-order valence-corrected chi connectivity index (χ2v) is 5.98. The smallest absolute Gasteiger partial charge is 0.265 e. The summed E-state index contributed by atoms with van der Waals surface area (Å²) in [7, 11) is 0. The molecule has 2 aromatic carbocycles. The molecule has 2 aromatic rings. The largest absolute Gasteiger partial charge is 0.375 e. The third kappa shape index (κ3) is 4.13. The highest BCUT2D eigenvalue weighted by molar-refractivity contribution is 5.93. The quantitative estimate of drug-likeness (QED) is 0.502. The van der Waals surface area contributed by atoms with Crippen molar-refractivity contribution in [1.29, 1.82) is 0 Å². The maximum atomic E-state index is 11.4. The molecule has 1 aliphatic heterocycles. The molecule has 3 rings (SSSR count). The molecule has 126 valence electrons. The van der Waals surface area contributed by atoms with Crippen LogP contribution in [0.25, 0.3) is 0 Å². The van der Waals surface area contributed by atoms with Crippen LogP contribution in [0, 0.1) is 0 Å². The molecule has 0 aromatic heterocycles. The van der Waals surface area contributed by atoms with Crippen LogP contribution in [0.15, 0.2) is 54.6 Å². The predicted molar refractivity (Wildman–Crippen MR) is 94.8 cm³/mol. The summed E-state index contributed by atoms with van der Waals surface area (Å²) < 4.78 is 5.91. The zero-order valence-electron chi connectivity index (χ0n) is 13.7. The number of para-hydroxylation sites is 1. The summed E-state index contributed by atoms with van der Waals surface area (Å²) in [6.45, 7) is 2.61. The van der Waals surface area contributed by atoms with Crippen LogP contribution in [0.3, 0.4) is 0 Å². The van der Waals surface area contributed by atoms with E-state index in [9.17, 15) is 4.79 Å². The van der Waals surface area contributed by atoms with Gasteiger partial charge in [-0.15, -0.1) is 0 Å². The molecule has 0 bridgehead atoms. The lowest BCUT2D eigenvalue weighted by Crippen LogP contribution is -2.42. The Morgan fingerprint density at radius 1 is 1.17 bits per heavy atom. The highest BCUT2D eigenvalue weighted by atomic mass is 16.5. The number of nitrogen functional groups attached to an aromatic ring is 1. The van der Waals surface area contributed by atoms with Gasteiger partial charge in [0.1, 0.15) is 0 Å². The summed E-state index contributed by atoms with van der Waals surface area (Å²) in [4.78, 5) is 13.8. The number of benzene rings is 2. The summed E-state index contributed by atoms with van der Waals surface area (Å²) in [5, 5.41) is 0. The van der Waals surface area contributed by atoms with Gasteiger partial charge in [0.15, 0.2) is 0 Å². The Balaban J connectivity index is 1.53. The minimum absolute atomic E-state index is 0.228. The van der Waals surface area contributed by atoms with E-state index < -0.39 is 0 Å². The highest BCUT2D eigenvalue weighted by Gasteiger charge is 2.20. The first kappa shape index (κ1) is 16.5. The van der Waals surface area contributed by atoms with Crippen molar-refractivity contribution < 1.29 is 9.53 Å². The number of amides is 1. The van der Waals surface area contributed by atoms with E-state index in [0.717, 1.165) is 32.5 Å². The van der Waals surface area contributed by atoms with Gasteiger partial charge in [0.25, 0.3) is 5.91 Å². The van der Waals surface area contributed by atoms with Crippen molar-refractivity contribution in [3.63, 3.8) is 0 Å². The fraction of sp³-hybridized carbons (Fsp3) is 0.316. The molecular formula is C19H23N3O2. The van der Waals surface area contributed by atoms with E-state index >= 15 is 0 Å².